The van der Waals surface area contributed by atoms with Gasteiger partial charge < -0.3 is 19.3 Å². The van der Waals surface area contributed by atoms with Crippen molar-refractivity contribution in [3.05, 3.63) is 12.7 Å². The number of aliphatic hydroxyl groups excluding tert-OH is 1. The summed E-state index contributed by atoms with van der Waals surface area (Å²) < 4.78 is 14.4. The molecule has 0 amide bonds. The molecule has 8 heteroatoms. The second-order valence-corrected chi connectivity index (χ2v) is 11.4. The predicted octanol–water partition coefficient (Wildman–Crippen LogP) is 3.73. The van der Waals surface area contributed by atoms with E-state index >= 15 is 0 Å². The van der Waals surface area contributed by atoms with Gasteiger partial charge in [-0.25, -0.2) is 0 Å². The average Bonchev–Trinajstić information content (AvgIpc) is 2.52. The molecule has 0 aromatic heterocycles. The Kier molecular flexibility index (Phi) is 10.6. The summed E-state index contributed by atoms with van der Waals surface area (Å²) >= 11 is 6.52. The lowest BCUT2D eigenvalue weighted by molar-refractivity contribution is -0.181. The van der Waals surface area contributed by atoms with E-state index in [-0.39, 0.29) is 19.8 Å². The highest BCUT2D eigenvalue weighted by atomic mass is 79.9. The van der Waals surface area contributed by atoms with Gasteiger partial charge in [0, 0.05) is 0 Å². The first-order valence-electron chi connectivity index (χ1n) is 8.37. The van der Waals surface area contributed by atoms with E-state index in [1.54, 1.807) is 40.7 Å². The third-order valence-electron chi connectivity index (χ3n) is 3.43. The van der Waals surface area contributed by atoms with Crippen LogP contribution in [0.3, 0.4) is 0 Å². The van der Waals surface area contributed by atoms with Crippen LogP contribution in [0.4, 0.5) is 0 Å². The largest absolute Gasteiger partial charge is 0.465 e. The first kappa shape index (κ1) is 25.6. The van der Waals surface area contributed by atoms with Gasteiger partial charge in [0.25, 0.3) is 0 Å². The van der Waals surface area contributed by atoms with E-state index < -0.39 is 32.3 Å². The highest BCUT2D eigenvalue weighted by Crippen LogP contribution is 2.27. The lowest BCUT2D eigenvalue weighted by Gasteiger charge is -2.31. The first-order valence-corrected chi connectivity index (χ1v) is 9.95. The summed E-state index contributed by atoms with van der Waals surface area (Å²) in [5, 5.41) is 10.0. The summed E-state index contributed by atoms with van der Waals surface area (Å²) in [5.74, 6) is -1.06. The normalized spacial score (nSPS) is 15.7. The van der Waals surface area contributed by atoms with Gasteiger partial charge in [-0.15, -0.1) is 6.58 Å². The zero-order valence-corrected chi connectivity index (χ0v) is 19.3. The summed E-state index contributed by atoms with van der Waals surface area (Å²) in [6.45, 7) is 11.8. The molecule has 0 aromatic carbocycles. The van der Waals surface area contributed by atoms with Crippen LogP contribution in [0.15, 0.2) is 12.7 Å². The summed E-state index contributed by atoms with van der Waals surface area (Å²) in [4.78, 5) is 24.5. The van der Waals surface area contributed by atoms with Gasteiger partial charge in [0.05, 0.1) is 17.5 Å². The second-order valence-electron chi connectivity index (χ2n) is 7.40. The smallest absolute Gasteiger partial charge is 0.322 e. The fourth-order valence-electron chi connectivity index (χ4n) is 1.58. The number of aliphatic hydroxyl groups is 1. The average molecular weight is 502 g/mol. The topological polar surface area (TPSA) is 82.1 Å². The Balaban J connectivity index is 5.02. The molecule has 152 valence electrons. The number of unbranched alkanes of at least 4 members (excludes halogenated alkanes) is 1. The van der Waals surface area contributed by atoms with Crippen LogP contribution in [0.25, 0.3) is 0 Å². The van der Waals surface area contributed by atoms with Crippen molar-refractivity contribution in [3.8, 4) is 0 Å². The summed E-state index contributed by atoms with van der Waals surface area (Å²) in [6, 6.07) is 0. The molecule has 0 aliphatic carbocycles. The molecule has 0 saturated carbocycles. The van der Waals surface area contributed by atoms with Crippen LogP contribution in [-0.2, 0) is 23.8 Å². The van der Waals surface area contributed by atoms with E-state index in [0.717, 1.165) is 6.42 Å². The summed E-state index contributed by atoms with van der Waals surface area (Å²) in [5.41, 5.74) is -1.25. The van der Waals surface area contributed by atoms with Crippen LogP contribution in [0, 0.1) is 5.41 Å². The fourth-order valence-corrected chi connectivity index (χ4v) is 1.83. The predicted molar refractivity (Wildman–Crippen MR) is 107 cm³/mol. The number of allylic oxidation sites excluding steroid dienone is 1. The fraction of sp³-hybridized carbons (Fsp3) is 0.778. The molecule has 26 heavy (non-hydrogen) atoms. The maximum absolute atomic E-state index is 12.5. The van der Waals surface area contributed by atoms with Crippen LogP contribution >= 0.6 is 31.9 Å². The number of ether oxygens (including phenoxy) is 3. The van der Waals surface area contributed by atoms with E-state index in [0.29, 0.717) is 6.42 Å². The van der Waals surface area contributed by atoms with E-state index in [9.17, 15) is 14.7 Å². The van der Waals surface area contributed by atoms with Crippen molar-refractivity contribution in [1.29, 1.82) is 0 Å². The lowest BCUT2D eigenvalue weighted by Crippen LogP contribution is -2.44. The molecule has 1 N–H and O–H groups in total. The molecule has 0 saturated heterocycles. The van der Waals surface area contributed by atoms with E-state index in [4.69, 9.17) is 14.2 Å². The molecule has 2 unspecified atom stereocenters. The van der Waals surface area contributed by atoms with Gasteiger partial charge in [-0.3, -0.25) is 9.59 Å². The van der Waals surface area contributed by atoms with Crippen molar-refractivity contribution in [2.24, 2.45) is 5.41 Å². The Hall–Kier alpha value is -0.440. The number of carbonyl (C=O) groups is 2. The molecule has 2 atom stereocenters. The number of hydrogen-bond donors (Lipinski definition) is 1. The minimum Gasteiger partial charge on any atom is -0.465 e. The maximum atomic E-state index is 12.5. The molecule has 0 heterocycles. The monoisotopic (exact) mass is 500 g/mol. The third-order valence-corrected chi connectivity index (χ3v) is 4.15. The van der Waals surface area contributed by atoms with Gasteiger partial charge in [-0.05, 0) is 47.5 Å². The Morgan fingerprint density at radius 3 is 2.12 bits per heavy atom. The molecule has 0 fully saturated rings. The Morgan fingerprint density at radius 2 is 1.65 bits per heavy atom. The minimum atomic E-state index is -1.25. The Bertz CT molecular complexity index is 481. The summed E-state index contributed by atoms with van der Waals surface area (Å²) in [6.07, 6.45) is 1.96. The maximum Gasteiger partial charge on any atom is 0.322 e. The van der Waals surface area contributed by atoms with Gasteiger partial charge in [0.2, 0.25) is 0 Å². The Morgan fingerprint density at radius 1 is 1.08 bits per heavy atom. The van der Waals surface area contributed by atoms with Gasteiger partial charge in [-0.2, -0.15) is 0 Å². The quantitative estimate of drug-likeness (QED) is 0.144. The van der Waals surface area contributed by atoms with E-state index in [1.165, 1.54) is 0 Å². The molecule has 0 aliphatic heterocycles. The molecule has 0 radical (unpaired) electrons. The van der Waals surface area contributed by atoms with Crippen LogP contribution in [0.2, 0.25) is 0 Å². The number of esters is 2. The minimum absolute atomic E-state index is 0.167. The molecule has 0 rings (SSSR count). The Labute approximate surface area is 172 Å². The highest BCUT2D eigenvalue weighted by molar-refractivity contribution is 9.10. The highest BCUT2D eigenvalue weighted by Gasteiger charge is 2.40. The zero-order valence-electron chi connectivity index (χ0n) is 16.1. The van der Waals surface area contributed by atoms with Crippen molar-refractivity contribution < 1.29 is 28.9 Å². The number of carbonyl (C=O) groups excluding carboxylic acids is 2. The van der Waals surface area contributed by atoms with Crippen molar-refractivity contribution >= 4 is 43.8 Å². The van der Waals surface area contributed by atoms with E-state index in [1.807, 2.05) is 0 Å². The number of alkyl halides is 2. The van der Waals surface area contributed by atoms with Gasteiger partial charge in [-0.1, -0.05) is 37.9 Å². The molecule has 6 nitrogen and oxygen atoms in total. The van der Waals surface area contributed by atoms with Gasteiger partial charge in [0.1, 0.15) is 16.3 Å². The molecular weight excluding hydrogens is 472 g/mol. The lowest BCUT2D eigenvalue weighted by atomic mass is 9.93. The van der Waals surface area contributed by atoms with Crippen LogP contribution in [-0.4, -0.2) is 51.8 Å². The number of halogens is 2. The second kappa shape index (κ2) is 10.8. The number of hydrogen-bond acceptors (Lipinski definition) is 6. The van der Waals surface area contributed by atoms with Crippen molar-refractivity contribution in [1.82, 2.24) is 0 Å². The van der Waals surface area contributed by atoms with Crippen molar-refractivity contribution in [2.45, 2.75) is 62.4 Å². The third kappa shape index (κ3) is 9.48. The van der Waals surface area contributed by atoms with Crippen LogP contribution in [0.5, 0.6) is 0 Å². The zero-order chi connectivity index (χ0) is 20.6. The van der Waals surface area contributed by atoms with Crippen LogP contribution < -0.4 is 0 Å². The van der Waals surface area contributed by atoms with E-state index in [2.05, 4.69) is 38.4 Å². The van der Waals surface area contributed by atoms with Crippen LogP contribution in [0.1, 0.15) is 47.5 Å². The standard InChI is InChI=1S/C18H30Br2O6/c1-7-8-9-10-24-15(23)18(6,11-25-13(21)16(2,3)19)12-26-14(22)17(4,5)20/h7,13,21H,1,8-12H2,2-6H3. The van der Waals surface area contributed by atoms with Crippen molar-refractivity contribution in [3.63, 3.8) is 0 Å². The first-order chi connectivity index (χ1) is 11.7. The van der Waals surface area contributed by atoms with Gasteiger partial charge >= 0.3 is 11.9 Å². The van der Waals surface area contributed by atoms with Crippen molar-refractivity contribution in [2.75, 3.05) is 19.8 Å². The molecule has 0 aliphatic rings. The number of rotatable bonds is 12. The molecule has 0 aromatic rings. The molecular formula is C18H30Br2O6. The summed E-state index contributed by atoms with van der Waals surface area (Å²) in [7, 11) is 0. The molecule has 0 bridgehead atoms. The molecule has 0 spiro atoms. The SMILES string of the molecule is C=CCCCOC(=O)C(C)(COC(=O)C(C)(C)Br)COC(O)C(C)(C)Br. The van der Waals surface area contributed by atoms with Gasteiger partial charge in [0.15, 0.2) is 6.29 Å².